The minimum Gasteiger partial charge on any atom is -0.393 e. The number of aliphatic hydroxyl groups is 3. The van der Waals surface area contributed by atoms with E-state index in [2.05, 4.69) is 20.8 Å². The number of hydrogen-bond acceptors (Lipinski definition) is 4. The molecule has 1 saturated heterocycles. The minimum absolute atomic E-state index is 0.0438. The summed E-state index contributed by atoms with van der Waals surface area (Å²) in [5.74, 6) is 0.114. The first-order valence-electron chi connectivity index (χ1n) is 7.39. The standard InChI is InChI=1S/C15H26O4/c1-12(2)5-4-6-13(3)11(12)10(18)7-14(8-16)15(13,9-17)19-14/h10-11,16-18H,4-9H2,1-3H3/t10-,11-,13-,14-,15-/m0/s1. The zero-order chi connectivity index (χ0) is 14.1. The second-order valence-corrected chi connectivity index (χ2v) is 7.75. The van der Waals surface area contributed by atoms with Crippen LogP contribution < -0.4 is 0 Å². The summed E-state index contributed by atoms with van der Waals surface area (Å²) in [4.78, 5) is 0. The normalized spacial score (nSPS) is 55.3. The molecular formula is C15H26O4. The summed E-state index contributed by atoms with van der Waals surface area (Å²) in [6, 6.07) is 0. The predicted molar refractivity (Wildman–Crippen MR) is 70.6 cm³/mol. The van der Waals surface area contributed by atoms with Gasteiger partial charge in [0.2, 0.25) is 0 Å². The highest BCUT2D eigenvalue weighted by Crippen LogP contribution is 2.72. The number of aliphatic hydroxyl groups excluding tert-OH is 3. The molecule has 19 heavy (non-hydrogen) atoms. The van der Waals surface area contributed by atoms with E-state index >= 15 is 0 Å². The van der Waals surface area contributed by atoms with Crippen molar-refractivity contribution in [3.05, 3.63) is 0 Å². The lowest BCUT2D eigenvalue weighted by Gasteiger charge is -2.58. The van der Waals surface area contributed by atoms with Gasteiger partial charge in [-0.3, -0.25) is 0 Å². The van der Waals surface area contributed by atoms with E-state index in [1.807, 2.05) is 0 Å². The Morgan fingerprint density at radius 3 is 2.37 bits per heavy atom. The van der Waals surface area contributed by atoms with Crippen molar-refractivity contribution in [3.63, 3.8) is 0 Å². The van der Waals surface area contributed by atoms with Crippen LogP contribution in [0.15, 0.2) is 0 Å². The Bertz CT molecular complexity index is 396. The van der Waals surface area contributed by atoms with Crippen molar-refractivity contribution in [1.29, 1.82) is 0 Å². The summed E-state index contributed by atoms with van der Waals surface area (Å²) in [5, 5.41) is 30.3. The lowest BCUT2D eigenvalue weighted by Crippen LogP contribution is -2.63. The van der Waals surface area contributed by atoms with Crippen molar-refractivity contribution in [2.24, 2.45) is 16.7 Å². The quantitative estimate of drug-likeness (QED) is 0.656. The molecule has 0 aromatic carbocycles. The smallest absolute Gasteiger partial charge is 0.129 e. The number of rotatable bonds is 2. The molecule has 4 nitrogen and oxygen atoms in total. The minimum atomic E-state index is -0.722. The topological polar surface area (TPSA) is 73.2 Å². The maximum atomic E-state index is 10.6. The molecule has 0 aromatic heterocycles. The van der Waals surface area contributed by atoms with Crippen LogP contribution in [-0.4, -0.2) is 45.8 Å². The van der Waals surface area contributed by atoms with Gasteiger partial charge < -0.3 is 20.1 Å². The molecular weight excluding hydrogens is 244 g/mol. The average molecular weight is 270 g/mol. The molecule has 0 radical (unpaired) electrons. The van der Waals surface area contributed by atoms with E-state index in [0.29, 0.717) is 6.42 Å². The molecule has 3 aliphatic rings. The first-order chi connectivity index (χ1) is 8.79. The Balaban J connectivity index is 2.08. The molecule has 0 unspecified atom stereocenters. The van der Waals surface area contributed by atoms with Crippen LogP contribution >= 0.6 is 0 Å². The van der Waals surface area contributed by atoms with Crippen molar-refractivity contribution in [3.8, 4) is 0 Å². The van der Waals surface area contributed by atoms with E-state index in [1.54, 1.807) is 0 Å². The first-order valence-corrected chi connectivity index (χ1v) is 7.39. The van der Waals surface area contributed by atoms with Crippen LogP contribution in [0.4, 0.5) is 0 Å². The Labute approximate surface area is 114 Å². The molecule has 4 heteroatoms. The van der Waals surface area contributed by atoms with E-state index in [0.717, 1.165) is 19.3 Å². The van der Waals surface area contributed by atoms with Crippen LogP contribution in [0.25, 0.3) is 0 Å². The molecule has 3 rings (SSSR count). The lowest BCUT2D eigenvalue weighted by molar-refractivity contribution is -0.143. The molecule has 0 spiro atoms. The van der Waals surface area contributed by atoms with E-state index in [4.69, 9.17) is 4.74 Å². The molecule has 1 heterocycles. The third-order valence-corrected chi connectivity index (χ3v) is 6.43. The molecule has 3 fully saturated rings. The van der Waals surface area contributed by atoms with Gasteiger partial charge in [0.1, 0.15) is 11.2 Å². The molecule has 3 N–H and O–H groups in total. The molecule has 110 valence electrons. The van der Waals surface area contributed by atoms with Crippen molar-refractivity contribution in [2.45, 2.75) is 63.8 Å². The van der Waals surface area contributed by atoms with Gasteiger partial charge in [0.25, 0.3) is 0 Å². The van der Waals surface area contributed by atoms with E-state index in [-0.39, 0.29) is 30.0 Å². The zero-order valence-corrected chi connectivity index (χ0v) is 12.1. The Kier molecular flexibility index (Phi) is 2.71. The molecule has 1 aliphatic heterocycles. The van der Waals surface area contributed by atoms with Gasteiger partial charge in [-0.25, -0.2) is 0 Å². The number of fused-ring (bicyclic) bond motifs is 3. The summed E-state index contributed by atoms with van der Waals surface area (Å²) in [7, 11) is 0. The van der Waals surface area contributed by atoms with Gasteiger partial charge in [-0.2, -0.15) is 0 Å². The SMILES string of the molecule is CC1(C)CCC[C@@]2(C)[C@H]1[C@@H](O)C[C@@]1(CO)O[C@]12CO. The van der Waals surface area contributed by atoms with Crippen LogP contribution in [0, 0.1) is 16.7 Å². The highest BCUT2D eigenvalue weighted by atomic mass is 16.7. The summed E-state index contributed by atoms with van der Waals surface area (Å²) in [5.41, 5.74) is -1.60. The Hall–Kier alpha value is -0.160. The van der Waals surface area contributed by atoms with Crippen LogP contribution in [0.1, 0.15) is 46.5 Å². The van der Waals surface area contributed by atoms with Crippen LogP contribution in [0.3, 0.4) is 0 Å². The second kappa shape index (κ2) is 3.73. The van der Waals surface area contributed by atoms with Gasteiger partial charge in [0.15, 0.2) is 0 Å². The van der Waals surface area contributed by atoms with Crippen molar-refractivity contribution in [2.75, 3.05) is 13.2 Å². The summed E-state index contributed by atoms with van der Waals surface area (Å²) in [6.45, 7) is 6.36. The van der Waals surface area contributed by atoms with Crippen molar-refractivity contribution < 1.29 is 20.1 Å². The molecule has 0 bridgehead atoms. The molecule has 5 atom stereocenters. The Morgan fingerprint density at radius 2 is 1.79 bits per heavy atom. The van der Waals surface area contributed by atoms with Crippen molar-refractivity contribution >= 4 is 0 Å². The fourth-order valence-corrected chi connectivity index (χ4v) is 5.67. The van der Waals surface area contributed by atoms with Gasteiger partial charge in [-0.1, -0.05) is 27.2 Å². The monoisotopic (exact) mass is 270 g/mol. The third-order valence-electron chi connectivity index (χ3n) is 6.43. The predicted octanol–water partition coefficient (Wildman–Crippen LogP) is 1.08. The van der Waals surface area contributed by atoms with Crippen LogP contribution in [-0.2, 0) is 4.74 Å². The van der Waals surface area contributed by atoms with Gasteiger partial charge in [-0.15, -0.1) is 0 Å². The molecule has 0 aromatic rings. The number of ether oxygens (including phenoxy) is 1. The van der Waals surface area contributed by atoms with Crippen LogP contribution in [0.5, 0.6) is 0 Å². The third kappa shape index (κ3) is 1.39. The number of hydrogen-bond donors (Lipinski definition) is 3. The van der Waals surface area contributed by atoms with E-state index in [9.17, 15) is 15.3 Å². The maximum absolute atomic E-state index is 10.6. The van der Waals surface area contributed by atoms with Gasteiger partial charge in [0, 0.05) is 11.8 Å². The lowest BCUT2D eigenvalue weighted by atomic mass is 9.45. The fourth-order valence-electron chi connectivity index (χ4n) is 5.67. The largest absolute Gasteiger partial charge is 0.393 e. The molecule has 0 amide bonds. The number of epoxide rings is 1. The van der Waals surface area contributed by atoms with Crippen molar-refractivity contribution in [1.82, 2.24) is 0 Å². The molecule has 2 saturated carbocycles. The summed E-state index contributed by atoms with van der Waals surface area (Å²) in [6.07, 6.45) is 3.10. The maximum Gasteiger partial charge on any atom is 0.129 e. The first kappa shape index (κ1) is 13.8. The Morgan fingerprint density at radius 1 is 1.11 bits per heavy atom. The van der Waals surface area contributed by atoms with Gasteiger partial charge >= 0.3 is 0 Å². The highest BCUT2D eigenvalue weighted by Gasteiger charge is 2.82. The fraction of sp³-hybridized carbons (Fsp3) is 1.00. The van der Waals surface area contributed by atoms with Crippen LogP contribution in [0.2, 0.25) is 0 Å². The highest BCUT2D eigenvalue weighted by molar-refractivity contribution is 5.30. The van der Waals surface area contributed by atoms with Gasteiger partial charge in [0.05, 0.1) is 19.3 Å². The van der Waals surface area contributed by atoms with E-state index in [1.165, 1.54) is 0 Å². The zero-order valence-electron chi connectivity index (χ0n) is 12.1. The summed E-state index contributed by atoms with van der Waals surface area (Å²) >= 11 is 0. The van der Waals surface area contributed by atoms with E-state index < -0.39 is 17.3 Å². The molecule has 2 aliphatic carbocycles. The summed E-state index contributed by atoms with van der Waals surface area (Å²) < 4.78 is 5.93. The second-order valence-electron chi connectivity index (χ2n) is 7.75. The van der Waals surface area contributed by atoms with Gasteiger partial charge in [-0.05, 0) is 24.2 Å². The average Bonchev–Trinajstić information content (AvgIpc) is 2.98.